The molecule has 4 heteroatoms. The van der Waals surface area contributed by atoms with Gasteiger partial charge in [-0.3, -0.25) is 4.79 Å². The zero-order chi connectivity index (χ0) is 24.2. The molecular formula is C29H49BrO3. The Bertz CT molecular complexity index is 724. The largest absolute Gasteiger partial charge is 0.463 e. The molecule has 190 valence electrons. The summed E-state index contributed by atoms with van der Waals surface area (Å²) in [5, 5.41) is 11.6. The first kappa shape index (κ1) is 26.0. The molecule has 4 fully saturated rings. The van der Waals surface area contributed by atoms with Gasteiger partial charge in [-0.15, -0.1) is 0 Å². The highest BCUT2D eigenvalue weighted by molar-refractivity contribution is 9.10. The topological polar surface area (TPSA) is 46.5 Å². The number of alkyl halides is 1. The number of esters is 1. The maximum Gasteiger partial charge on any atom is 0.302 e. The van der Waals surface area contributed by atoms with E-state index in [1.807, 2.05) is 0 Å². The van der Waals surface area contributed by atoms with Gasteiger partial charge in [0.05, 0.1) is 10.4 Å². The van der Waals surface area contributed by atoms with Crippen LogP contribution in [0.1, 0.15) is 112 Å². The van der Waals surface area contributed by atoms with E-state index in [1.54, 1.807) is 0 Å². The second-order valence-corrected chi connectivity index (χ2v) is 14.8. The van der Waals surface area contributed by atoms with Crippen molar-refractivity contribution in [3.8, 4) is 0 Å². The smallest absolute Gasteiger partial charge is 0.302 e. The highest BCUT2D eigenvalue weighted by Crippen LogP contribution is 2.70. The van der Waals surface area contributed by atoms with Gasteiger partial charge in [0, 0.05) is 13.3 Å². The maximum atomic E-state index is 11.6. The van der Waals surface area contributed by atoms with E-state index in [2.05, 4.69) is 50.5 Å². The zero-order valence-corrected chi connectivity index (χ0v) is 23.6. The number of rotatable bonds is 6. The van der Waals surface area contributed by atoms with Crippen LogP contribution in [0.3, 0.4) is 0 Å². The quantitative estimate of drug-likeness (QED) is 0.288. The SMILES string of the molecule is CC(=O)O[C@@H]1CC[C@]2(C)[C@H]3CC[C@]4(C)[C@@H]([C@H](C)CCCC(C)C)CC[C@H]4[C@@H]3C[C@@H](O)[C@@]2(Br)C1. The van der Waals surface area contributed by atoms with Crippen molar-refractivity contribution < 1.29 is 14.6 Å². The Balaban J connectivity index is 1.51. The van der Waals surface area contributed by atoms with Crippen molar-refractivity contribution in [1.29, 1.82) is 0 Å². The summed E-state index contributed by atoms with van der Waals surface area (Å²) in [6, 6.07) is 0. The van der Waals surface area contributed by atoms with Crippen molar-refractivity contribution in [2.24, 2.45) is 46.3 Å². The molecule has 0 radical (unpaired) electrons. The van der Waals surface area contributed by atoms with Crippen LogP contribution in [-0.2, 0) is 9.53 Å². The van der Waals surface area contributed by atoms with Crippen molar-refractivity contribution in [1.82, 2.24) is 0 Å². The van der Waals surface area contributed by atoms with Gasteiger partial charge >= 0.3 is 5.97 Å². The molecule has 3 nitrogen and oxygen atoms in total. The van der Waals surface area contributed by atoms with Crippen LogP contribution in [0.5, 0.6) is 0 Å². The number of hydrogen-bond acceptors (Lipinski definition) is 3. The van der Waals surface area contributed by atoms with E-state index in [1.165, 1.54) is 51.9 Å². The molecule has 4 saturated carbocycles. The Labute approximate surface area is 211 Å². The minimum Gasteiger partial charge on any atom is -0.463 e. The number of aliphatic hydroxyl groups excluding tert-OH is 1. The summed E-state index contributed by atoms with van der Waals surface area (Å²) in [6.45, 7) is 13.8. The summed E-state index contributed by atoms with van der Waals surface area (Å²) >= 11 is 4.11. The average Bonchev–Trinajstić information content (AvgIpc) is 3.07. The second-order valence-electron chi connectivity index (χ2n) is 13.4. The lowest BCUT2D eigenvalue weighted by Crippen LogP contribution is -2.66. The van der Waals surface area contributed by atoms with Gasteiger partial charge in [-0.2, -0.15) is 0 Å². The number of hydrogen-bond donors (Lipinski definition) is 1. The molecule has 0 aromatic carbocycles. The molecule has 4 aliphatic carbocycles. The van der Waals surface area contributed by atoms with E-state index < -0.39 is 0 Å². The predicted molar refractivity (Wildman–Crippen MR) is 138 cm³/mol. The maximum absolute atomic E-state index is 11.6. The highest BCUT2D eigenvalue weighted by Gasteiger charge is 2.67. The molecule has 0 heterocycles. The Morgan fingerprint density at radius 2 is 1.79 bits per heavy atom. The van der Waals surface area contributed by atoms with Crippen LogP contribution < -0.4 is 0 Å². The standard InChI is InChI=1S/C29H49BrO3/c1-18(2)8-7-9-19(3)23-10-11-24-22-16-26(32)29(30)17-21(33-20(4)31)12-15-28(29,6)25(22)13-14-27(23,24)5/h18-19,21-26,32H,7-17H2,1-6H3/t19-,21-,22+,23-,24+,25+,26-,27-,28-,29+/m1/s1. The average molecular weight is 526 g/mol. The lowest BCUT2D eigenvalue weighted by molar-refractivity contribution is -0.170. The third-order valence-corrected chi connectivity index (χ3v) is 13.0. The van der Waals surface area contributed by atoms with E-state index in [0.717, 1.165) is 49.4 Å². The van der Waals surface area contributed by atoms with Crippen LogP contribution >= 0.6 is 15.9 Å². The van der Waals surface area contributed by atoms with Gasteiger partial charge in [0.25, 0.3) is 0 Å². The molecule has 0 aromatic rings. The second kappa shape index (κ2) is 9.41. The van der Waals surface area contributed by atoms with Crippen LogP contribution in [-0.4, -0.2) is 27.6 Å². The molecule has 33 heavy (non-hydrogen) atoms. The van der Waals surface area contributed by atoms with Crippen LogP contribution in [0, 0.1) is 46.3 Å². The molecule has 1 N–H and O–H groups in total. The van der Waals surface area contributed by atoms with E-state index in [0.29, 0.717) is 17.3 Å². The fourth-order valence-corrected chi connectivity index (χ4v) is 10.6. The molecule has 4 rings (SSSR count). The lowest BCUT2D eigenvalue weighted by Gasteiger charge is -2.65. The van der Waals surface area contributed by atoms with Gasteiger partial charge in [-0.1, -0.05) is 69.8 Å². The number of carbonyl (C=O) groups is 1. The summed E-state index contributed by atoms with van der Waals surface area (Å²) in [5.74, 6) is 4.31. The molecule has 0 bridgehead atoms. The summed E-state index contributed by atoms with van der Waals surface area (Å²) < 4.78 is 5.29. The monoisotopic (exact) mass is 524 g/mol. The number of aliphatic hydroxyl groups is 1. The van der Waals surface area contributed by atoms with E-state index >= 15 is 0 Å². The van der Waals surface area contributed by atoms with Crippen molar-refractivity contribution in [2.45, 2.75) is 129 Å². The number of carbonyl (C=O) groups excluding carboxylic acids is 1. The summed E-state index contributed by atoms with van der Waals surface area (Å²) in [7, 11) is 0. The fraction of sp³-hybridized carbons (Fsp3) is 0.966. The number of ether oxygens (including phenoxy) is 1. The minimum absolute atomic E-state index is 0.0638. The van der Waals surface area contributed by atoms with Crippen LogP contribution in [0.25, 0.3) is 0 Å². The normalized spacial score (nSPS) is 48.0. The van der Waals surface area contributed by atoms with Crippen LogP contribution in [0.2, 0.25) is 0 Å². The third kappa shape index (κ3) is 4.36. The van der Waals surface area contributed by atoms with E-state index in [-0.39, 0.29) is 27.9 Å². The molecule has 0 saturated heterocycles. The van der Waals surface area contributed by atoms with E-state index in [4.69, 9.17) is 4.74 Å². The lowest BCUT2D eigenvalue weighted by atomic mass is 9.43. The van der Waals surface area contributed by atoms with Gasteiger partial charge in [0.2, 0.25) is 0 Å². The van der Waals surface area contributed by atoms with Crippen molar-refractivity contribution in [3.05, 3.63) is 0 Å². The summed E-state index contributed by atoms with van der Waals surface area (Å²) in [4.78, 5) is 11.6. The Morgan fingerprint density at radius 1 is 1.06 bits per heavy atom. The Hall–Kier alpha value is -0.0900. The zero-order valence-electron chi connectivity index (χ0n) is 22.0. The van der Waals surface area contributed by atoms with Crippen LogP contribution in [0.4, 0.5) is 0 Å². The molecule has 0 aromatic heterocycles. The third-order valence-electron chi connectivity index (χ3n) is 11.3. The molecule has 0 aliphatic heterocycles. The van der Waals surface area contributed by atoms with E-state index in [9.17, 15) is 9.90 Å². The molecule has 0 unspecified atom stereocenters. The first-order valence-electron chi connectivity index (χ1n) is 14.0. The summed E-state index contributed by atoms with van der Waals surface area (Å²) in [5.41, 5.74) is 0.504. The van der Waals surface area contributed by atoms with Gasteiger partial charge < -0.3 is 9.84 Å². The first-order chi connectivity index (χ1) is 15.4. The van der Waals surface area contributed by atoms with Crippen molar-refractivity contribution >= 4 is 21.9 Å². The van der Waals surface area contributed by atoms with Gasteiger partial charge in [-0.25, -0.2) is 0 Å². The number of halogens is 1. The molecule has 4 aliphatic rings. The van der Waals surface area contributed by atoms with Gasteiger partial charge in [0.15, 0.2) is 0 Å². The Morgan fingerprint density at radius 3 is 2.45 bits per heavy atom. The Kier molecular flexibility index (Phi) is 7.41. The molecule has 0 amide bonds. The predicted octanol–water partition coefficient (Wildman–Crippen LogP) is 7.53. The van der Waals surface area contributed by atoms with Crippen LogP contribution in [0.15, 0.2) is 0 Å². The van der Waals surface area contributed by atoms with Crippen molar-refractivity contribution in [3.63, 3.8) is 0 Å². The van der Waals surface area contributed by atoms with Crippen molar-refractivity contribution in [2.75, 3.05) is 0 Å². The molecule has 10 atom stereocenters. The number of fused-ring (bicyclic) bond motifs is 5. The first-order valence-corrected chi connectivity index (χ1v) is 14.8. The summed E-state index contributed by atoms with van der Waals surface area (Å²) in [6.07, 6.45) is 12.6. The molecular weight excluding hydrogens is 476 g/mol. The van der Waals surface area contributed by atoms with Gasteiger partial charge in [0.1, 0.15) is 6.10 Å². The highest BCUT2D eigenvalue weighted by atomic mass is 79.9. The molecule has 0 spiro atoms. The van der Waals surface area contributed by atoms with Gasteiger partial charge in [-0.05, 0) is 91.3 Å². The fourth-order valence-electron chi connectivity index (χ4n) is 9.56. The minimum atomic E-state index is -0.369.